The van der Waals surface area contributed by atoms with Crippen molar-refractivity contribution in [3.05, 3.63) is 75.7 Å². The lowest BCUT2D eigenvalue weighted by molar-refractivity contribution is 0.0693. The number of carboxylic acid groups (broad SMARTS) is 1. The second kappa shape index (κ2) is 10.6. The van der Waals surface area contributed by atoms with Crippen LogP contribution in [0.1, 0.15) is 60.3 Å². The number of aliphatic hydroxyl groups is 1. The molecule has 0 saturated heterocycles. The summed E-state index contributed by atoms with van der Waals surface area (Å²) in [5.74, 6) is -0.851. The maximum absolute atomic E-state index is 11.2. The van der Waals surface area contributed by atoms with Gasteiger partial charge in [0.25, 0.3) is 0 Å². The van der Waals surface area contributed by atoms with Crippen molar-refractivity contribution in [2.24, 2.45) is 4.99 Å². The van der Waals surface area contributed by atoms with Gasteiger partial charge in [-0.25, -0.2) is 4.79 Å². The zero-order chi connectivity index (χ0) is 25.0. The van der Waals surface area contributed by atoms with Gasteiger partial charge >= 0.3 is 5.97 Å². The molecule has 3 rings (SSSR count). The van der Waals surface area contributed by atoms with Crippen molar-refractivity contribution in [2.45, 2.75) is 46.1 Å². The first-order valence-electron chi connectivity index (χ1n) is 10.9. The molecule has 7 heteroatoms. The summed E-state index contributed by atoms with van der Waals surface area (Å²) in [4.78, 5) is 17.3. The minimum Gasteiger partial charge on any atom is -0.506 e. The molecule has 1 aromatic heterocycles. The van der Waals surface area contributed by atoms with Crippen molar-refractivity contribution < 1.29 is 20.1 Å². The summed E-state index contributed by atoms with van der Waals surface area (Å²) in [6, 6.07) is 13.1. The third-order valence-corrected chi connectivity index (χ3v) is 6.92. The van der Waals surface area contributed by atoms with Crippen molar-refractivity contribution in [1.82, 2.24) is 0 Å². The number of carbonyl (C=O) groups is 1. The van der Waals surface area contributed by atoms with Crippen molar-refractivity contribution in [1.29, 1.82) is 0 Å². The van der Waals surface area contributed by atoms with Gasteiger partial charge < -0.3 is 15.3 Å². The summed E-state index contributed by atoms with van der Waals surface area (Å²) < 4.78 is 0. The van der Waals surface area contributed by atoms with Gasteiger partial charge in [-0.1, -0.05) is 69.4 Å². The number of hydrogen-bond acceptors (Lipinski definition) is 6. The number of thiocarbonyl (C=S) groups is 1. The summed E-state index contributed by atoms with van der Waals surface area (Å²) in [5.41, 5.74) is 4.94. The molecule has 0 unspecified atom stereocenters. The van der Waals surface area contributed by atoms with E-state index in [1.807, 2.05) is 24.4 Å². The Hall–Kier alpha value is -2.87. The van der Waals surface area contributed by atoms with E-state index in [0.29, 0.717) is 34.7 Å². The fourth-order valence-electron chi connectivity index (χ4n) is 3.61. The van der Waals surface area contributed by atoms with E-state index in [9.17, 15) is 20.1 Å². The van der Waals surface area contributed by atoms with Crippen molar-refractivity contribution in [2.75, 3.05) is 6.54 Å². The predicted molar refractivity (Wildman–Crippen MR) is 143 cm³/mol. The summed E-state index contributed by atoms with van der Waals surface area (Å²) in [7, 11) is 0. The molecule has 0 spiro atoms. The molecule has 0 aliphatic carbocycles. The predicted octanol–water partition coefficient (Wildman–Crippen LogP) is 6.03. The topological polar surface area (TPSA) is 90.1 Å². The molecule has 1 heterocycles. The van der Waals surface area contributed by atoms with Crippen molar-refractivity contribution in [3.8, 4) is 16.2 Å². The average molecular weight is 496 g/mol. The van der Waals surface area contributed by atoms with Gasteiger partial charge in [0.15, 0.2) is 0 Å². The van der Waals surface area contributed by atoms with Gasteiger partial charge in [-0.05, 0) is 40.7 Å². The van der Waals surface area contributed by atoms with E-state index in [1.165, 1.54) is 23.0 Å². The summed E-state index contributed by atoms with van der Waals surface area (Å²) >= 11 is 6.96. The zero-order valence-corrected chi connectivity index (χ0v) is 21.4. The van der Waals surface area contributed by atoms with Crippen molar-refractivity contribution >= 4 is 40.1 Å². The van der Waals surface area contributed by atoms with Gasteiger partial charge in [0.05, 0.1) is 23.6 Å². The molecule has 0 bridgehead atoms. The number of carboxylic acids is 1. The maximum atomic E-state index is 11.2. The largest absolute Gasteiger partial charge is 0.506 e. The fourth-order valence-corrected chi connectivity index (χ4v) is 4.85. The zero-order valence-electron chi connectivity index (χ0n) is 19.8. The molecule has 34 heavy (non-hydrogen) atoms. The number of rotatable bonds is 8. The molecule has 0 radical (unpaired) electrons. The van der Waals surface area contributed by atoms with E-state index >= 15 is 0 Å². The quantitative estimate of drug-likeness (QED) is 0.262. The molecule has 0 saturated carbocycles. The normalized spacial score (nSPS) is 12.1. The first-order valence-corrected chi connectivity index (χ1v) is 12.2. The van der Waals surface area contributed by atoms with Gasteiger partial charge in [-0.15, -0.1) is 11.3 Å². The highest BCUT2D eigenvalue weighted by molar-refractivity contribution is 7.80. The number of aromatic hydroxyl groups is 1. The van der Waals surface area contributed by atoms with Gasteiger partial charge in [-0.2, -0.15) is 0 Å². The van der Waals surface area contributed by atoms with Crippen LogP contribution in [0.25, 0.3) is 10.4 Å². The SMILES string of the molecule is CC(=NCC(=S)Cc1ccc(C(=O)O)c(CO)c1)c1csc(-c2ccc(C(C)(C)C)cc2)c1O. The second-order valence-electron chi connectivity index (χ2n) is 9.23. The fraction of sp³-hybridized carbons (Fsp3) is 0.296. The Morgan fingerprint density at radius 2 is 1.76 bits per heavy atom. The molecular weight excluding hydrogens is 466 g/mol. The Morgan fingerprint density at radius 3 is 2.35 bits per heavy atom. The molecule has 5 nitrogen and oxygen atoms in total. The third-order valence-electron chi connectivity index (χ3n) is 5.63. The van der Waals surface area contributed by atoms with Crippen molar-refractivity contribution in [3.63, 3.8) is 0 Å². The monoisotopic (exact) mass is 495 g/mol. The van der Waals surface area contributed by atoms with Gasteiger partial charge in [0.1, 0.15) is 5.75 Å². The number of aliphatic hydroxyl groups excluding tert-OH is 1. The summed E-state index contributed by atoms with van der Waals surface area (Å²) in [5, 5.41) is 31.4. The standard InChI is InChI=1S/C27H29NO4S2/c1-16(28-13-21(33)12-17-5-10-22(26(31)32)19(11-17)14-29)23-15-34-25(24(23)30)18-6-8-20(9-7-18)27(2,3)4/h5-11,15,29-30H,12-14H2,1-4H3,(H,31,32). The Bertz CT molecular complexity index is 1230. The van der Waals surface area contributed by atoms with Gasteiger partial charge in [0, 0.05) is 27.9 Å². The summed E-state index contributed by atoms with van der Waals surface area (Å²) in [6.07, 6.45) is 0.444. The van der Waals surface area contributed by atoms with E-state index in [0.717, 1.165) is 16.0 Å². The van der Waals surface area contributed by atoms with Crippen LogP contribution in [-0.4, -0.2) is 38.4 Å². The van der Waals surface area contributed by atoms with Gasteiger partial charge in [0.2, 0.25) is 0 Å². The minimum absolute atomic E-state index is 0.0702. The van der Waals surface area contributed by atoms with E-state index in [4.69, 9.17) is 12.2 Å². The molecular formula is C27H29NO4S2. The van der Waals surface area contributed by atoms with Crippen LogP contribution < -0.4 is 0 Å². The molecule has 0 aliphatic heterocycles. The second-order valence-corrected chi connectivity index (χ2v) is 10.7. The lowest BCUT2D eigenvalue weighted by atomic mass is 9.86. The number of hydrogen-bond donors (Lipinski definition) is 3. The first-order chi connectivity index (χ1) is 16.0. The molecule has 178 valence electrons. The third kappa shape index (κ3) is 5.97. The number of benzene rings is 2. The lowest BCUT2D eigenvalue weighted by Crippen LogP contribution is -2.10. The Labute approximate surface area is 209 Å². The maximum Gasteiger partial charge on any atom is 0.336 e. The highest BCUT2D eigenvalue weighted by Gasteiger charge is 2.17. The minimum atomic E-state index is -1.07. The van der Waals surface area contributed by atoms with E-state index in [-0.39, 0.29) is 23.3 Å². The smallest absolute Gasteiger partial charge is 0.336 e. The van der Waals surface area contributed by atoms with Crippen LogP contribution in [0.15, 0.2) is 52.8 Å². The van der Waals surface area contributed by atoms with Crippen LogP contribution in [-0.2, 0) is 18.4 Å². The molecule has 0 amide bonds. The van der Waals surface area contributed by atoms with Crippen LogP contribution in [0.5, 0.6) is 5.75 Å². The number of thiophene rings is 1. The molecule has 3 aromatic rings. The first kappa shape index (κ1) is 25.7. The Balaban J connectivity index is 1.71. The van der Waals surface area contributed by atoms with Crippen LogP contribution in [0.4, 0.5) is 0 Å². The molecule has 0 aliphatic rings. The van der Waals surface area contributed by atoms with Crippen LogP contribution in [0, 0.1) is 0 Å². The molecule has 3 N–H and O–H groups in total. The highest BCUT2D eigenvalue weighted by atomic mass is 32.1. The number of aromatic carboxylic acids is 1. The van der Waals surface area contributed by atoms with E-state index in [2.05, 4.69) is 37.9 Å². The molecule has 0 fully saturated rings. The average Bonchev–Trinajstić information content (AvgIpc) is 3.18. The molecule has 2 aromatic carbocycles. The van der Waals surface area contributed by atoms with Crippen LogP contribution >= 0.6 is 23.6 Å². The van der Waals surface area contributed by atoms with Crippen LogP contribution in [0.2, 0.25) is 0 Å². The van der Waals surface area contributed by atoms with Crippen LogP contribution in [0.3, 0.4) is 0 Å². The number of nitrogens with zero attached hydrogens (tertiary/aromatic N) is 1. The van der Waals surface area contributed by atoms with Gasteiger partial charge in [-0.3, -0.25) is 4.99 Å². The number of aliphatic imine (C=N–C) groups is 1. The Kier molecular flexibility index (Phi) is 8.02. The lowest BCUT2D eigenvalue weighted by Gasteiger charge is -2.19. The van der Waals surface area contributed by atoms with E-state index < -0.39 is 5.97 Å². The Morgan fingerprint density at radius 1 is 1.09 bits per heavy atom. The highest BCUT2D eigenvalue weighted by Crippen LogP contribution is 2.39. The molecule has 0 atom stereocenters. The van der Waals surface area contributed by atoms with E-state index in [1.54, 1.807) is 12.1 Å². The summed E-state index contributed by atoms with van der Waals surface area (Å²) in [6.45, 7) is 8.32.